The first-order valence-corrected chi connectivity index (χ1v) is 7.33. The third-order valence-electron chi connectivity index (χ3n) is 3.56. The first-order valence-electron chi connectivity index (χ1n) is 6.53. The fourth-order valence-corrected chi connectivity index (χ4v) is 2.72. The molecule has 0 spiro atoms. The Morgan fingerprint density at radius 3 is 2.32 bits per heavy atom. The molecule has 0 bridgehead atoms. The second-order valence-corrected chi connectivity index (χ2v) is 6.25. The predicted octanol–water partition coefficient (Wildman–Crippen LogP) is 3.57. The molecule has 0 aliphatic heterocycles. The lowest BCUT2D eigenvalue weighted by Gasteiger charge is -2.39. The van der Waals surface area contributed by atoms with Crippen LogP contribution in [0.5, 0.6) is 0 Å². The van der Waals surface area contributed by atoms with Gasteiger partial charge in [0.25, 0.3) is 0 Å². The Morgan fingerprint density at radius 2 is 1.89 bits per heavy atom. The van der Waals surface area contributed by atoms with Gasteiger partial charge >= 0.3 is 5.97 Å². The molecule has 0 saturated heterocycles. The minimum atomic E-state index is -0.844. The molecule has 19 heavy (non-hydrogen) atoms. The van der Waals surface area contributed by atoms with Gasteiger partial charge in [0.05, 0.1) is 0 Å². The number of hydrogen-bond acceptors (Lipinski definition) is 2. The van der Waals surface area contributed by atoms with Gasteiger partial charge in [-0.15, -0.1) is 0 Å². The van der Waals surface area contributed by atoms with Crippen molar-refractivity contribution in [3.8, 4) is 0 Å². The van der Waals surface area contributed by atoms with Crippen LogP contribution in [-0.4, -0.2) is 34.1 Å². The molecule has 0 saturated carbocycles. The molecule has 106 valence electrons. The van der Waals surface area contributed by atoms with Crippen molar-refractivity contribution in [1.29, 1.82) is 0 Å². The lowest BCUT2D eigenvalue weighted by atomic mass is 9.97. The molecule has 1 unspecified atom stereocenters. The average molecular weight is 328 g/mol. The van der Waals surface area contributed by atoms with Crippen LogP contribution in [0, 0.1) is 0 Å². The zero-order valence-corrected chi connectivity index (χ0v) is 13.6. The summed E-state index contributed by atoms with van der Waals surface area (Å²) < 4.78 is 1.06. The predicted molar refractivity (Wildman–Crippen MR) is 81.4 cm³/mol. The highest BCUT2D eigenvalue weighted by atomic mass is 79.9. The smallest absolute Gasteiger partial charge is 0.323 e. The van der Waals surface area contributed by atoms with Gasteiger partial charge in [-0.2, -0.15) is 0 Å². The first kappa shape index (κ1) is 16.2. The quantitative estimate of drug-likeness (QED) is 0.868. The van der Waals surface area contributed by atoms with Gasteiger partial charge in [-0.25, -0.2) is 0 Å². The number of carbonyl (C=O) groups is 1. The van der Waals surface area contributed by atoms with Gasteiger partial charge in [-0.1, -0.05) is 35.0 Å². The van der Waals surface area contributed by atoms with E-state index in [1.165, 1.54) is 5.56 Å². The van der Waals surface area contributed by atoms with Crippen LogP contribution in [0.4, 0.5) is 0 Å². The number of carboxylic acid groups (broad SMARTS) is 1. The van der Waals surface area contributed by atoms with E-state index in [4.69, 9.17) is 0 Å². The maximum Gasteiger partial charge on any atom is 0.323 e. The summed E-state index contributed by atoms with van der Waals surface area (Å²) >= 11 is 3.42. The maximum absolute atomic E-state index is 11.4. The second-order valence-electron chi connectivity index (χ2n) is 5.33. The van der Waals surface area contributed by atoms with Crippen molar-refractivity contribution in [3.63, 3.8) is 0 Å². The third-order valence-corrected chi connectivity index (χ3v) is 4.09. The van der Waals surface area contributed by atoms with Gasteiger partial charge in [0.15, 0.2) is 0 Å². The molecular weight excluding hydrogens is 306 g/mol. The Morgan fingerprint density at radius 1 is 1.37 bits per heavy atom. The highest BCUT2D eigenvalue weighted by molar-refractivity contribution is 9.10. The Bertz CT molecular complexity index is 428. The molecule has 1 aromatic carbocycles. The first-order chi connectivity index (χ1) is 8.78. The standard InChI is InChI=1S/C15H22BrNO2/c1-5-17(15(3,4)14(18)19)11(2)10-12-6-8-13(16)9-7-12/h6-9,11H,5,10H2,1-4H3,(H,18,19). The molecule has 0 aliphatic rings. The van der Waals surface area contributed by atoms with E-state index in [0.717, 1.165) is 17.4 Å². The van der Waals surface area contributed by atoms with Crippen molar-refractivity contribution in [2.24, 2.45) is 0 Å². The summed E-state index contributed by atoms with van der Waals surface area (Å²) in [5, 5.41) is 9.35. The Labute approximate surface area is 123 Å². The summed E-state index contributed by atoms with van der Waals surface area (Å²) in [6.07, 6.45) is 0.845. The molecular formula is C15H22BrNO2. The van der Waals surface area contributed by atoms with Crippen LogP contribution in [0.25, 0.3) is 0 Å². The summed E-state index contributed by atoms with van der Waals surface area (Å²) in [6.45, 7) is 8.32. The largest absolute Gasteiger partial charge is 0.480 e. The van der Waals surface area contributed by atoms with Crippen molar-refractivity contribution in [2.45, 2.75) is 45.7 Å². The number of rotatable bonds is 6. The van der Waals surface area contributed by atoms with Gasteiger partial charge in [0.1, 0.15) is 5.54 Å². The lowest BCUT2D eigenvalue weighted by molar-refractivity contribution is -0.150. The van der Waals surface area contributed by atoms with Crippen LogP contribution in [0.3, 0.4) is 0 Å². The number of carboxylic acids is 1. The van der Waals surface area contributed by atoms with E-state index in [-0.39, 0.29) is 6.04 Å². The van der Waals surface area contributed by atoms with Crippen molar-refractivity contribution in [1.82, 2.24) is 4.90 Å². The van der Waals surface area contributed by atoms with E-state index >= 15 is 0 Å². The zero-order valence-electron chi connectivity index (χ0n) is 12.0. The van der Waals surface area contributed by atoms with Crippen molar-refractivity contribution >= 4 is 21.9 Å². The number of nitrogens with zero attached hydrogens (tertiary/aromatic N) is 1. The van der Waals surface area contributed by atoms with E-state index < -0.39 is 11.5 Å². The van der Waals surface area contributed by atoms with Crippen LogP contribution < -0.4 is 0 Å². The molecule has 0 radical (unpaired) electrons. The van der Waals surface area contributed by atoms with E-state index in [1.807, 2.05) is 24.0 Å². The third kappa shape index (κ3) is 4.05. The van der Waals surface area contributed by atoms with Gasteiger partial charge in [-0.05, 0) is 51.4 Å². The SMILES string of the molecule is CCN(C(C)Cc1ccc(Br)cc1)C(C)(C)C(=O)O. The topological polar surface area (TPSA) is 40.5 Å². The summed E-state index contributed by atoms with van der Waals surface area (Å²) in [6, 6.07) is 8.35. The molecule has 4 heteroatoms. The Kier molecular flexibility index (Phi) is 5.56. The maximum atomic E-state index is 11.4. The van der Waals surface area contributed by atoms with Crippen LogP contribution in [0.2, 0.25) is 0 Å². The van der Waals surface area contributed by atoms with E-state index in [0.29, 0.717) is 0 Å². The van der Waals surface area contributed by atoms with Crippen LogP contribution >= 0.6 is 15.9 Å². The molecule has 1 rings (SSSR count). The van der Waals surface area contributed by atoms with E-state index in [2.05, 4.69) is 35.0 Å². The molecule has 0 amide bonds. The summed E-state index contributed by atoms with van der Waals surface area (Å²) in [5.74, 6) is -0.781. The second kappa shape index (κ2) is 6.53. The highest BCUT2D eigenvalue weighted by Gasteiger charge is 2.36. The van der Waals surface area contributed by atoms with Crippen molar-refractivity contribution in [3.05, 3.63) is 34.3 Å². The minimum Gasteiger partial charge on any atom is -0.480 e. The minimum absolute atomic E-state index is 0.178. The summed E-state index contributed by atoms with van der Waals surface area (Å²) in [5.41, 5.74) is 0.374. The van der Waals surface area contributed by atoms with Gasteiger partial charge in [0.2, 0.25) is 0 Å². The van der Waals surface area contributed by atoms with E-state index in [1.54, 1.807) is 13.8 Å². The molecule has 0 aromatic heterocycles. The van der Waals surface area contributed by atoms with Crippen LogP contribution in [0.1, 0.15) is 33.3 Å². The Hall–Kier alpha value is -0.870. The molecule has 0 aliphatic carbocycles. The highest BCUT2D eigenvalue weighted by Crippen LogP contribution is 2.21. The monoisotopic (exact) mass is 327 g/mol. The molecule has 3 nitrogen and oxygen atoms in total. The fourth-order valence-electron chi connectivity index (χ4n) is 2.45. The summed E-state index contributed by atoms with van der Waals surface area (Å²) in [4.78, 5) is 13.4. The molecule has 1 atom stereocenters. The molecule has 0 fully saturated rings. The lowest BCUT2D eigenvalue weighted by Crippen LogP contribution is -2.54. The average Bonchev–Trinajstić information content (AvgIpc) is 2.32. The molecule has 0 heterocycles. The molecule has 1 N–H and O–H groups in total. The zero-order chi connectivity index (χ0) is 14.6. The normalized spacial score (nSPS) is 13.6. The van der Waals surface area contributed by atoms with Crippen molar-refractivity contribution < 1.29 is 9.90 Å². The van der Waals surface area contributed by atoms with Gasteiger partial charge in [-0.3, -0.25) is 9.69 Å². The van der Waals surface area contributed by atoms with Gasteiger partial charge in [0, 0.05) is 10.5 Å². The van der Waals surface area contributed by atoms with Gasteiger partial charge < -0.3 is 5.11 Å². The fraction of sp³-hybridized carbons (Fsp3) is 0.533. The number of likely N-dealkylation sites (N-methyl/N-ethyl adjacent to an activating group) is 1. The number of hydrogen-bond donors (Lipinski definition) is 1. The van der Waals surface area contributed by atoms with Crippen LogP contribution in [-0.2, 0) is 11.2 Å². The number of benzene rings is 1. The summed E-state index contributed by atoms with van der Waals surface area (Å²) in [7, 11) is 0. The van der Waals surface area contributed by atoms with E-state index in [9.17, 15) is 9.90 Å². The van der Waals surface area contributed by atoms with Crippen molar-refractivity contribution in [2.75, 3.05) is 6.54 Å². The van der Waals surface area contributed by atoms with Crippen LogP contribution in [0.15, 0.2) is 28.7 Å². The Balaban J connectivity index is 2.82. The molecule has 1 aromatic rings. The number of aliphatic carboxylic acids is 1. The number of halogens is 1.